The third-order valence-electron chi connectivity index (χ3n) is 7.28. The van der Waals surface area contributed by atoms with Crippen molar-refractivity contribution in [2.75, 3.05) is 32.7 Å². The molecule has 0 saturated heterocycles. The second kappa shape index (κ2) is 7.41. The van der Waals surface area contributed by atoms with Crippen LogP contribution in [0.1, 0.15) is 39.3 Å². The van der Waals surface area contributed by atoms with E-state index < -0.39 is 0 Å². The Bertz CT molecular complexity index is 1120. The van der Waals surface area contributed by atoms with Crippen molar-refractivity contribution in [3.63, 3.8) is 0 Å². The first kappa shape index (κ1) is 21.1. The van der Waals surface area contributed by atoms with E-state index in [0.717, 1.165) is 47.5 Å². The normalized spacial score (nSPS) is 23.8. The highest BCUT2D eigenvalue weighted by Crippen LogP contribution is 2.58. The molecule has 1 aliphatic heterocycles. The summed E-state index contributed by atoms with van der Waals surface area (Å²) in [6.45, 7) is 7.85. The van der Waals surface area contributed by atoms with Crippen molar-refractivity contribution in [3.05, 3.63) is 53.6 Å². The first-order chi connectivity index (χ1) is 15.2. The highest BCUT2D eigenvalue weighted by atomic mass is 16.7. The Morgan fingerprint density at radius 2 is 2.03 bits per heavy atom. The van der Waals surface area contributed by atoms with E-state index in [0.29, 0.717) is 0 Å². The zero-order valence-corrected chi connectivity index (χ0v) is 19.6. The molecule has 2 heterocycles. The molecule has 2 unspecified atom stereocenters. The summed E-state index contributed by atoms with van der Waals surface area (Å²) in [6, 6.07) is 8.33. The molecule has 6 nitrogen and oxygen atoms in total. The fourth-order valence-electron chi connectivity index (χ4n) is 5.52. The Balaban J connectivity index is 1.34. The van der Waals surface area contributed by atoms with E-state index in [4.69, 9.17) is 9.47 Å². The van der Waals surface area contributed by atoms with Gasteiger partial charge in [-0.15, -0.1) is 0 Å². The molecule has 0 spiro atoms. The molecule has 0 bridgehead atoms. The topological polar surface area (TPSA) is 66.6 Å². The van der Waals surface area contributed by atoms with E-state index in [1.54, 1.807) is 0 Å². The maximum Gasteiger partial charge on any atom is 0.231 e. The highest BCUT2D eigenvalue weighted by Gasteiger charge is 2.57. The van der Waals surface area contributed by atoms with Gasteiger partial charge in [0.1, 0.15) is 5.76 Å². The molecule has 0 radical (unpaired) electrons. The van der Waals surface area contributed by atoms with Gasteiger partial charge in [-0.3, -0.25) is 4.79 Å². The number of aromatic nitrogens is 1. The molecule has 3 aliphatic rings. The van der Waals surface area contributed by atoms with Crippen molar-refractivity contribution in [2.24, 2.45) is 17.3 Å². The molecule has 6 heteroatoms. The second-order valence-electron chi connectivity index (χ2n) is 10.5. The van der Waals surface area contributed by atoms with E-state index in [-0.39, 0.29) is 35.4 Å². The zero-order valence-electron chi connectivity index (χ0n) is 19.6. The largest absolute Gasteiger partial charge is 0.458 e. The monoisotopic (exact) mass is 435 g/mol. The van der Waals surface area contributed by atoms with Crippen molar-refractivity contribution in [1.82, 2.24) is 9.88 Å². The molecule has 170 valence electrons. The predicted molar refractivity (Wildman–Crippen MR) is 126 cm³/mol. The van der Waals surface area contributed by atoms with Crippen LogP contribution in [0.15, 0.2) is 47.9 Å². The summed E-state index contributed by atoms with van der Waals surface area (Å²) < 4.78 is 11.2. The number of nitrogens with zero attached hydrogens (tertiary/aromatic N) is 1. The van der Waals surface area contributed by atoms with E-state index in [9.17, 15) is 4.79 Å². The van der Waals surface area contributed by atoms with Crippen LogP contribution >= 0.6 is 0 Å². The number of carbonyl (C=O) groups is 1. The number of H-pyrrole nitrogens is 1. The summed E-state index contributed by atoms with van der Waals surface area (Å²) in [6.07, 6.45) is 5.91. The fraction of sp³-hybridized carbons (Fsp3) is 0.500. The number of hydrogen-bond donors (Lipinski definition) is 2. The lowest BCUT2D eigenvalue weighted by atomic mass is 9.75. The fourth-order valence-corrected chi connectivity index (χ4v) is 5.52. The van der Waals surface area contributed by atoms with Gasteiger partial charge in [-0.05, 0) is 57.3 Å². The lowest BCUT2D eigenvalue weighted by Crippen LogP contribution is -2.35. The molecular weight excluding hydrogens is 402 g/mol. The van der Waals surface area contributed by atoms with Crippen LogP contribution in [0.25, 0.3) is 10.9 Å². The minimum atomic E-state index is -0.369. The molecule has 1 fully saturated rings. The van der Waals surface area contributed by atoms with Crippen LogP contribution in [0.3, 0.4) is 0 Å². The van der Waals surface area contributed by atoms with Crippen molar-refractivity contribution < 1.29 is 14.3 Å². The van der Waals surface area contributed by atoms with Crippen molar-refractivity contribution >= 4 is 22.5 Å². The van der Waals surface area contributed by atoms with Gasteiger partial charge in [-0.1, -0.05) is 26.8 Å². The van der Waals surface area contributed by atoms with Crippen LogP contribution in [-0.2, 0) is 19.7 Å². The minimum Gasteiger partial charge on any atom is -0.458 e. The van der Waals surface area contributed by atoms with E-state index in [2.05, 4.69) is 74.3 Å². The molecule has 2 aliphatic carbocycles. The lowest BCUT2D eigenvalue weighted by Gasteiger charge is -2.31. The molecule has 2 atom stereocenters. The number of hydrogen-bond acceptors (Lipinski definition) is 4. The van der Waals surface area contributed by atoms with E-state index in [1.165, 1.54) is 5.69 Å². The highest BCUT2D eigenvalue weighted by molar-refractivity contribution is 5.99. The third kappa shape index (κ3) is 3.51. The molecule has 1 aromatic heterocycles. The average Bonchev–Trinajstić information content (AvgIpc) is 3.18. The third-order valence-corrected chi connectivity index (χ3v) is 7.28. The van der Waals surface area contributed by atoms with E-state index >= 15 is 0 Å². The Morgan fingerprint density at radius 1 is 1.25 bits per heavy atom. The summed E-state index contributed by atoms with van der Waals surface area (Å²) in [4.78, 5) is 19.2. The Labute approximate surface area is 189 Å². The van der Waals surface area contributed by atoms with Crippen LogP contribution in [-0.4, -0.2) is 43.2 Å². The van der Waals surface area contributed by atoms with Crippen LogP contribution in [0.2, 0.25) is 0 Å². The Morgan fingerprint density at radius 3 is 2.75 bits per heavy atom. The second-order valence-corrected chi connectivity index (χ2v) is 10.5. The minimum absolute atomic E-state index is 0.00696. The summed E-state index contributed by atoms with van der Waals surface area (Å²) >= 11 is 0. The first-order valence-corrected chi connectivity index (χ1v) is 11.5. The quantitative estimate of drug-likeness (QED) is 0.686. The number of amides is 1. The SMILES string of the molecule is CC1C2=C(C=CC1C1(C(=O)Nc3ccc4[nH]c(C(C)(C)CN(C)C)cc4c3)CC1)OCO2. The molecular formula is C26H33N3O3. The Hall–Kier alpha value is -2.73. The zero-order chi connectivity index (χ0) is 22.7. The lowest BCUT2D eigenvalue weighted by molar-refractivity contribution is -0.123. The summed E-state index contributed by atoms with van der Waals surface area (Å²) in [5, 5.41) is 4.33. The number of ether oxygens (including phenoxy) is 2. The Kier molecular flexibility index (Phi) is 4.89. The number of benzene rings is 1. The number of anilines is 1. The first-order valence-electron chi connectivity index (χ1n) is 11.5. The number of likely N-dealkylation sites (N-methyl/N-ethyl adjacent to an activating group) is 1. The maximum atomic E-state index is 13.4. The molecule has 32 heavy (non-hydrogen) atoms. The van der Waals surface area contributed by atoms with Gasteiger partial charge < -0.3 is 24.7 Å². The van der Waals surface area contributed by atoms with Gasteiger partial charge in [0.25, 0.3) is 0 Å². The van der Waals surface area contributed by atoms with Gasteiger partial charge in [0.15, 0.2) is 5.76 Å². The molecule has 1 amide bonds. The predicted octanol–water partition coefficient (Wildman–Crippen LogP) is 4.76. The summed E-state index contributed by atoms with van der Waals surface area (Å²) in [5.74, 6) is 2.07. The van der Waals surface area contributed by atoms with Crippen molar-refractivity contribution in [3.8, 4) is 0 Å². The number of carbonyl (C=O) groups excluding carboxylic acids is 1. The number of rotatable bonds is 6. The number of allylic oxidation sites excluding steroid dienone is 3. The van der Waals surface area contributed by atoms with Gasteiger partial charge in [-0.2, -0.15) is 0 Å². The number of fused-ring (bicyclic) bond motifs is 1. The van der Waals surface area contributed by atoms with Crippen LogP contribution in [0.5, 0.6) is 0 Å². The smallest absolute Gasteiger partial charge is 0.231 e. The van der Waals surface area contributed by atoms with Gasteiger partial charge in [-0.25, -0.2) is 0 Å². The van der Waals surface area contributed by atoms with Gasteiger partial charge >= 0.3 is 0 Å². The standard InChI is InChI=1S/C26H33N3O3/c1-16-19(7-9-21-23(16)32-15-31-21)26(10-11-26)24(30)27-18-6-8-20-17(12-18)13-22(28-20)25(2,3)14-29(4)5/h6-9,12-13,16,19,28H,10-11,14-15H2,1-5H3,(H,27,30). The van der Waals surface area contributed by atoms with E-state index in [1.807, 2.05) is 12.1 Å². The van der Waals surface area contributed by atoms with Gasteiger partial charge in [0.05, 0.1) is 5.41 Å². The maximum absolute atomic E-state index is 13.4. The van der Waals surface area contributed by atoms with Gasteiger partial charge in [0.2, 0.25) is 12.7 Å². The average molecular weight is 436 g/mol. The van der Waals surface area contributed by atoms with Crippen LogP contribution < -0.4 is 5.32 Å². The van der Waals surface area contributed by atoms with Crippen molar-refractivity contribution in [1.29, 1.82) is 0 Å². The summed E-state index contributed by atoms with van der Waals surface area (Å²) in [5.41, 5.74) is 2.77. The molecule has 1 aromatic carbocycles. The van der Waals surface area contributed by atoms with Crippen LogP contribution in [0, 0.1) is 17.3 Å². The van der Waals surface area contributed by atoms with Gasteiger partial charge in [0, 0.05) is 46.1 Å². The number of aromatic amines is 1. The van der Waals surface area contributed by atoms with Crippen LogP contribution in [0.4, 0.5) is 5.69 Å². The number of nitrogens with one attached hydrogen (secondary N) is 2. The molecule has 2 aromatic rings. The van der Waals surface area contributed by atoms with Crippen molar-refractivity contribution in [2.45, 2.75) is 39.0 Å². The summed E-state index contributed by atoms with van der Waals surface area (Å²) in [7, 11) is 4.19. The molecule has 2 N–H and O–H groups in total. The molecule has 5 rings (SSSR count). The molecule has 1 saturated carbocycles.